The third-order valence-corrected chi connectivity index (χ3v) is 6.60. The van der Waals surface area contributed by atoms with E-state index in [1.807, 2.05) is 6.07 Å². The van der Waals surface area contributed by atoms with Gasteiger partial charge in [0.2, 0.25) is 0 Å². The highest BCUT2D eigenvalue weighted by Crippen LogP contribution is 2.36. The number of thiazole rings is 1. The first kappa shape index (κ1) is 20.3. The van der Waals surface area contributed by atoms with Crippen molar-refractivity contribution in [3.8, 4) is 11.5 Å². The molecule has 0 radical (unpaired) electrons. The standard InChI is InChI=1S/C22H23N3O5S/c26-19(13-3-7-28-8-4-13)20-18(17-2-1-6-30-17)24-22(31-20)25-21(27)14-10-15-12-29-9-5-16(15)23-11-14/h1-2,6,10-11,13,21,27H,3-5,7-9,12H2,(H,24,25). The molecule has 8 nitrogen and oxygen atoms in total. The Kier molecular flexibility index (Phi) is 5.82. The lowest BCUT2D eigenvalue weighted by Gasteiger charge is -2.20. The minimum absolute atomic E-state index is 0.0438. The summed E-state index contributed by atoms with van der Waals surface area (Å²) in [4.78, 5) is 22.8. The number of hydrogen-bond donors (Lipinski definition) is 2. The first-order valence-corrected chi connectivity index (χ1v) is 11.2. The number of aliphatic hydroxyl groups is 1. The second kappa shape index (κ2) is 8.88. The first-order valence-electron chi connectivity index (χ1n) is 10.4. The molecular formula is C22H23N3O5S. The Morgan fingerprint density at radius 1 is 1.26 bits per heavy atom. The van der Waals surface area contributed by atoms with Crippen LogP contribution in [-0.2, 0) is 22.5 Å². The lowest BCUT2D eigenvalue weighted by molar-refractivity contribution is 0.0547. The van der Waals surface area contributed by atoms with Crippen LogP contribution in [0.4, 0.5) is 5.13 Å². The van der Waals surface area contributed by atoms with E-state index in [1.54, 1.807) is 24.6 Å². The number of carbonyl (C=O) groups excluding carboxylic acids is 1. The van der Waals surface area contributed by atoms with Crippen molar-refractivity contribution < 1.29 is 23.8 Å². The van der Waals surface area contributed by atoms with Crippen LogP contribution < -0.4 is 5.32 Å². The van der Waals surface area contributed by atoms with E-state index in [0.29, 0.717) is 66.3 Å². The van der Waals surface area contributed by atoms with Crippen molar-refractivity contribution >= 4 is 22.3 Å². The molecule has 1 unspecified atom stereocenters. The fourth-order valence-electron chi connectivity index (χ4n) is 3.88. The number of Topliss-reactive ketones (excluding diaryl/α,β-unsaturated/α-hetero) is 1. The van der Waals surface area contributed by atoms with Crippen LogP contribution >= 0.6 is 11.3 Å². The normalized spacial score (nSPS) is 17.8. The van der Waals surface area contributed by atoms with Gasteiger partial charge in [0.1, 0.15) is 10.6 Å². The Labute approximate surface area is 183 Å². The Balaban J connectivity index is 1.41. The zero-order valence-electron chi connectivity index (χ0n) is 16.9. The van der Waals surface area contributed by atoms with E-state index in [4.69, 9.17) is 13.9 Å². The van der Waals surface area contributed by atoms with Gasteiger partial charge in [-0.1, -0.05) is 11.3 Å². The fraction of sp³-hybridized carbons (Fsp3) is 0.409. The predicted molar refractivity (Wildman–Crippen MR) is 114 cm³/mol. The molecule has 2 aliphatic rings. The van der Waals surface area contributed by atoms with Crippen LogP contribution in [0.2, 0.25) is 0 Å². The van der Waals surface area contributed by atoms with Crippen molar-refractivity contribution in [1.29, 1.82) is 0 Å². The van der Waals surface area contributed by atoms with Crippen molar-refractivity contribution in [2.45, 2.75) is 32.1 Å². The van der Waals surface area contributed by atoms with Crippen LogP contribution in [0.5, 0.6) is 0 Å². The maximum absolute atomic E-state index is 13.2. The van der Waals surface area contributed by atoms with Gasteiger partial charge in [0.25, 0.3) is 0 Å². The maximum Gasteiger partial charge on any atom is 0.186 e. The molecule has 1 fully saturated rings. The van der Waals surface area contributed by atoms with Crippen molar-refractivity contribution in [3.05, 3.63) is 52.4 Å². The Morgan fingerprint density at radius 2 is 2.13 bits per heavy atom. The van der Waals surface area contributed by atoms with Crippen LogP contribution in [0.25, 0.3) is 11.5 Å². The van der Waals surface area contributed by atoms with E-state index in [0.717, 1.165) is 17.7 Å². The molecule has 0 aromatic carbocycles. The van der Waals surface area contributed by atoms with Crippen LogP contribution in [0, 0.1) is 5.92 Å². The van der Waals surface area contributed by atoms with Gasteiger partial charge in [0.15, 0.2) is 22.9 Å². The summed E-state index contributed by atoms with van der Waals surface area (Å²) in [5.74, 6) is 0.481. The molecule has 5 rings (SSSR count). The number of rotatable bonds is 6. The van der Waals surface area contributed by atoms with Gasteiger partial charge >= 0.3 is 0 Å². The summed E-state index contributed by atoms with van der Waals surface area (Å²) in [7, 11) is 0. The quantitative estimate of drug-likeness (QED) is 0.442. The number of ether oxygens (including phenoxy) is 2. The summed E-state index contributed by atoms with van der Waals surface area (Å²) >= 11 is 1.23. The zero-order chi connectivity index (χ0) is 21.2. The van der Waals surface area contributed by atoms with Crippen LogP contribution in [0.3, 0.4) is 0 Å². The summed E-state index contributed by atoms with van der Waals surface area (Å²) in [6.45, 7) is 2.33. The predicted octanol–water partition coefficient (Wildman–Crippen LogP) is 3.58. The summed E-state index contributed by atoms with van der Waals surface area (Å²) in [6, 6.07) is 5.44. The molecule has 31 heavy (non-hydrogen) atoms. The monoisotopic (exact) mass is 441 g/mol. The van der Waals surface area contributed by atoms with Crippen molar-refractivity contribution in [1.82, 2.24) is 9.97 Å². The molecule has 3 aromatic heterocycles. The largest absolute Gasteiger partial charge is 0.463 e. The van der Waals surface area contributed by atoms with Crippen LogP contribution in [0.15, 0.2) is 35.1 Å². The minimum atomic E-state index is -1.01. The highest BCUT2D eigenvalue weighted by Gasteiger charge is 2.29. The molecule has 2 N–H and O–H groups in total. The number of furan rings is 1. The number of ketones is 1. The molecule has 0 saturated carbocycles. The van der Waals surface area contributed by atoms with Crippen molar-refractivity contribution in [2.24, 2.45) is 5.92 Å². The molecule has 1 atom stereocenters. The van der Waals surface area contributed by atoms with E-state index in [9.17, 15) is 9.90 Å². The second-order valence-electron chi connectivity index (χ2n) is 7.65. The van der Waals surface area contributed by atoms with Gasteiger partial charge in [-0.2, -0.15) is 0 Å². The summed E-state index contributed by atoms with van der Waals surface area (Å²) in [6.07, 6.45) is 4.37. The Morgan fingerprint density at radius 3 is 2.94 bits per heavy atom. The van der Waals surface area contributed by atoms with E-state index < -0.39 is 6.23 Å². The SMILES string of the molecule is O=C(c1sc(NC(O)c2cnc3c(c2)COCC3)nc1-c1ccco1)C1CCOCC1. The van der Waals surface area contributed by atoms with Gasteiger partial charge in [-0.05, 0) is 36.6 Å². The topological polar surface area (TPSA) is 107 Å². The molecule has 0 bridgehead atoms. The van der Waals surface area contributed by atoms with Gasteiger partial charge in [0, 0.05) is 43.0 Å². The van der Waals surface area contributed by atoms with E-state index in [2.05, 4.69) is 15.3 Å². The average Bonchev–Trinajstić information content (AvgIpc) is 3.49. The van der Waals surface area contributed by atoms with Gasteiger partial charge in [-0.25, -0.2) is 4.98 Å². The van der Waals surface area contributed by atoms with E-state index >= 15 is 0 Å². The number of hydrogen-bond acceptors (Lipinski definition) is 9. The molecule has 5 heterocycles. The van der Waals surface area contributed by atoms with Crippen molar-refractivity contribution in [3.63, 3.8) is 0 Å². The fourth-order valence-corrected chi connectivity index (χ4v) is 4.89. The van der Waals surface area contributed by atoms with Gasteiger partial charge in [-0.3, -0.25) is 9.78 Å². The number of aromatic nitrogens is 2. The molecule has 3 aromatic rings. The molecule has 0 aliphatic carbocycles. The first-order chi connectivity index (χ1) is 15.2. The number of anilines is 1. The van der Waals surface area contributed by atoms with E-state index in [1.165, 1.54) is 11.3 Å². The molecule has 2 aliphatic heterocycles. The smallest absolute Gasteiger partial charge is 0.186 e. The molecule has 162 valence electrons. The summed E-state index contributed by atoms with van der Waals surface area (Å²) in [5, 5.41) is 14.2. The molecule has 9 heteroatoms. The van der Waals surface area contributed by atoms with Gasteiger partial charge < -0.3 is 24.3 Å². The number of carbonyl (C=O) groups is 1. The molecule has 1 saturated heterocycles. The zero-order valence-corrected chi connectivity index (χ0v) is 17.7. The van der Waals surface area contributed by atoms with Crippen molar-refractivity contribution in [2.75, 3.05) is 25.1 Å². The number of nitrogens with one attached hydrogen (secondary N) is 1. The number of fused-ring (bicyclic) bond motifs is 1. The number of pyridine rings is 1. The van der Waals surface area contributed by atoms with Crippen LogP contribution in [0.1, 0.15) is 45.6 Å². The highest BCUT2D eigenvalue weighted by molar-refractivity contribution is 7.18. The number of aliphatic hydroxyl groups excluding tert-OH is 1. The average molecular weight is 442 g/mol. The summed E-state index contributed by atoms with van der Waals surface area (Å²) in [5.41, 5.74) is 3.10. The third-order valence-electron chi connectivity index (χ3n) is 5.60. The lowest BCUT2D eigenvalue weighted by Crippen LogP contribution is -2.23. The Hall–Kier alpha value is -2.59. The number of nitrogens with zero attached hydrogens (tertiary/aromatic N) is 2. The molecule has 0 spiro atoms. The van der Waals surface area contributed by atoms with E-state index in [-0.39, 0.29) is 11.7 Å². The second-order valence-corrected chi connectivity index (χ2v) is 8.65. The van der Waals surface area contributed by atoms with Gasteiger partial charge in [0.05, 0.1) is 19.5 Å². The minimum Gasteiger partial charge on any atom is -0.463 e. The lowest BCUT2D eigenvalue weighted by atomic mass is 9.94. The Bertz CT molecular complexity index is 1060. The molecular weight excluding hydrogens is 418 g/mol. The van der Waals surface area contributed by atoms with Crippen LogP contribution in [-0.4, -0.2) is 40.7 Å². The molecule has 0 amide bonds. The summed E-state index contributed by atoms with van der Waals surface area (Å²) < 4.78 is 16.4. The highest BCUT2D eigenvalue weighted by atomic mass is 32.1. The third kappa shape index (κ3) is 4.27. The van der Waals surface area contributed by atoms with Gasteiger partial charge in [-0.15, -0.1) is 0 Å². The maximum atomic E-state index is 13.2.